The number of ether oxygens (including phenoxy) is 1. The fourth-order valence-electron chi connectivity index (χ4n) is 0.248. The van der Waals surface area contributed by atoms with Crippen LogP contribution in [0.15, 0.2) is 0 Å². The van der Waals surface area contributed by atoms with Crippen molar-refractivity contribution in [1.29, 1.82) is 0 Å². The van der Waals surface area contributed by atoms with Crippen molar-refractivity contribution < 1.29 is 14.6 Å². The zero-order valence-corrected chi connectivity index (χ0v) is 5.55. The number of carbonyl (C=O) groups excluding carboxylic acids is 1. The summed E-state index contributed by atoms with van der Waals surface area (Å²) in [7, 11) is 0. The van der Waals surface area contributed by atoms with E-state index in [0.717, 1.165) is 0 Å². The van der Waals surface area contributed by atoms with Crippen LogP contribution in [0.2, 0.25) is 0 Å². The van der Waals surface area contributed by atoms with Gasteiger partial charge < -0.3 is 15.6 Å². The maximum Gasteiger partial charge on any atom is 0.302 e. The molecule has 0 aliphatic heterocycles. The number of esters is 1. The normalized spacial score (nSPS) is 16.4. The van der Waals surface area contributed by atoms with Crippen LogP contribution in [0.1, 0.15) is 13.8 Å². The third-order valence-electron chi connectivity index (χ3n) is 0.568. The summed E-state index contributed by atoms with van der Waals surface area (Å²) in [6.45, 7) is 2.45. The SMILES string of the molecule is CC(=O)OCC(C)(N)O. The fraction of sp³-hybridized carbons (Fsp3) is 0.800. The first kappa shape index (κ1) is 8.39. The van der Waals surface area contributed by atoms with Gasteiger partial charge in [-0.3, -0.25) is 4.79 Å². The molecular formula is C5H11NO3. The van der Waals surface area contributed by atoms with Crippen LogP contribution in [0.3, 0.4) is 0 Å². The van der Waals surface area contributed by atoms with Gasteiger partial charge in [0.1, 0.15) is 12.3 Å². The first-order valence-electron chi connectivity index (χ1n) is 2.56. The van der Waals surface area contributed by atoms with E-state index in [-0.39, 0.29) is 6.61 Å². The maximum absolute atomic E-state index is 10.1. The molecule has 0 aliphatic rings. The quantitative estimate of drug-likeness (QED) is 0.382. The lowest BCUT2D eigenvalue weighted by Gasteiger charge is -2.15. The zero-order chi connectivity index (χ0) is 7.49. The smallest absolute Gasteiger partial charge is 0.302 e. The van der Waals surface area contributed by atoms with Crippen LogP contribution in [0, 0.1) is 0 Å². The van der Waals surface area contributed by atoms with Crippen molar-refractivity contribution >= 4 is 5.97 Å². The van der Waals surface area contributed by atoms with E-state index in [1.54, 1.807) is 0 Å². The molecule has 9 heavy (non-hydrogen) atoms. The highest BCUT2D eigenvalue weighted by atomic mass is 16.5. The predicted octanol–water partition coefficient (Wildman–Crippen LogP) is -0.783. The molecule has 0 saturated carbocycles. The average molecular weight is 133 g/mol. The summed E-state index contributed by atoms with van der Waals surface area (Å²) >= 11 is 0. The van der Waals surface area contributed by atoms with Gasteiger partial charge in [-0.15, -0.1) is 0 Å². The molecule has 4 heteroatoms. The highest BCUT2D eigenvalue weighted by Crippen LogP contribution is 1.92. The Morgan fingerprint density at radius 1 is 1.89 bits per heavy atom. The minimum atomic E-state index is -1.41. The molecule has 0 aliphatic carbocycles. The standard InChI is InChI=1S/C5H11NO3/c1-4(7)9-3-5(2,6)8/h8H,3,6H2,1-2H3. The first-order valence-corrected chi connectivity index (χ1v) is 2.56. The molecule has 0 radical (unpaired) electrons. The van der Waals surface area contributed by atoms with Crippen LogP contribution in [-0.2, 0) is 9.53 Å². The molecular weight excluding hydrogens is 122 g/mol. The van der Waals surface area contributed by atoms with E-state index in [2.05, 4.69) is 4.74 Å². The summed E-state index contributed by atoms with van der Waals surface area (Å²) < 4.78 is 4.39. The van der Waals surface area contributed by atoms with E-state index >= 15 is 0 Å². The lowest BCUT2D eigenvalue weighted by atomic mass is 10.3. The Labute approximate surface area is 53.6 Å². The molecule has 0 aromatic rings. The Bertz CT molecular complexity index is 105. The van der Waals surface area contributed by atoms with Crippen molar-refractivity contribution in [2.45, 2.75) is 19.6 Å². The second-order valence-electron chi connectivity index (χ2n) is 2.14. The van der Waals surface area contributed by atoms with Gasteiger partial charge in [-0.25, -0.2) is 0 Å². The third-order valence-corrected chi connectivity index (χ3v) is 0.568. The molecule has 4 nitrogen and oxygen atoms in total. The first-order chi connectivity index (χ1) is 3.92. The molecule has 1 unspecified atom stereocenters. The van der Waals surface area contributed by atoms with E-state index in [1.807, 2.05) is 0 Å². The molecule has 0 bridgehead atoms. The molecule has 0 aromatic heterocycles. The van der Waals surface area contributed by atoms with E-state index in [4.69, 9.17) is 10.8 Å². The van der Waals surface area contributed by atoms with Crippen LogP contribution < -0.4 is 5.73 Å². The Hall–Kier alpha value is -0.610. The van der Waals surface area contributed by atoms with Crippen LogP contribution in [0.25, 0.3) is 0 Å². The largest absolute Gasteiger partial charge is 0.461 e. The Morgan fingerprint density at radius 3 is 2.44 bits per heavy atom. The fourth-order valence-corrected chi connectivity index (χ4v) is 0.248. The summed E-state index contributed by atoms with van der Waals surface area (Å²) in [5, 5.41) is 8.77. The molecule has 0 heterocycles. The van der Waals surface area contributed by atoms with Crippen molar-refractivity contribution in [3.05, 3.63) is 0 Å². The maximum atomic E-state index is 10.1. The monoisotopic (exact) mass is 133 g/mol. The van der Waals surface area contributed by atoms with Crippen molar-refractivity contribution in [3.63, 3.8) is 0 Å². The lowest BCUT2D eigenvalue weighted by Crippen LogP contribution is -2.41. The minimum absolute atomic E-state index is 0.164. The van der Waals surface area contributed by atoms with E-state index in [0.29, 0.717) is 0 Å². The lowest BCUT2D eigenvalue weighted by molar-refractivity contribution is -0.147. The molecule has 0 rings (SSSR count). The van der Waals surface area contributed by atoms with Gasteiger partial charge in [0.25, 0.3) is 0 Å². The molecule has 54 valence electrons. The van der Waals surface area contributed by atoms with Crippen molar-refractivity contribution in [2.24, 2.45) is 5.73 Å². The summed E-state index contributed by atoms with van der Waals surface area (Å²) in [6.07, 6.45) is 0. The van der Waals surface area contributed by atoms with Crippen LogP contribution in [-0.4, -0.2) is 23.4 Å². The van der Waals surface area contributed by atoms with Crippen LogP contribution >= 0.6 is 0 Å². The van der Waals surface area contributed by atoms with Gasteiger partial charge in [-0.2, -0.15) is 0 Å². The van der Waals surface area contributed by atoms with Crippen molar-refractivity contribution in [2.75, 3.05) is 6.61 Å². The number of nitrogens with two attached hydrogens (primary N) is 1. The Kier molecular flexibility index (Phi) is 2.61. The molecule has 0 fully saturated rings. The second kappa shape index (κ2) is 2.80. The van der Waals surface area contributed by atoms with Crippen LogP contribution in [0.5, 0.6) is 0 Å². The third kappa shape index (κ3) is 7.39. The number of rotatable bonds is 2. The van der Waals surface area contributed by atoms with Gasteiger partial charge in [0, 0.05) is 6.92 Å². The van der Waals surface area contributed by atoms with Crippen molar-refractivity contribution in [1.82, 2.24) is 0 Å². The Morgan fingerprint density at radius 2 is 2.33 bits per heavy atom. The van der Waals surface area contributed by atoms with Crippen LogP contribution in [0.4, 0.5) is 0 Å². The topological polar surface area (TPSA) is 72.5 Å². The Balaban J connectivity index is 3.39. The average Bonchev–Trinajstić information content (AvgIpc) is 1.59. The highest BCUT2D eigenvalue weighted by molar-refractivity contribution is 5.65. The van der Waals surface area contributed by atoms with Crippen molar-refractivity contribution in [3.8, 4) is 0 Å². The molecule has 0 spiro atoms. The molecule has 0 amide bonds. The van der Waals surface area contributed by atoms with Gasteiger partial charge >= 0.3 is 5.97 Å². The summed E-state index contributed by atoms with van der Waals surface area (Å²) in [4.78, 5) is 10.1. The highest BCUT2D eigenvalue weighted by Gasteiger charge is 2.13. The number of hydrogen-bond donors (Lipinski definition) is 2. The second-order valence-corrected chi connectivity index (χ2v) is 2.14. The molecule has 0 aromatic carbocycles. The summed E-state index contributed by atoms with van der Waals surface area (Å²) in [5.41, 5.74) is 3.65. The number of hydrogen-bond acceptors (Lipinski definition) is 4. The van der Waals surface area contributed by atoms with E-state index in [9.17, 15) is 4.79 Å². The van der Waals surface area contributed by atoms with Gasteiger partial charge in [0.2, 0.25) is 0 Å². The molecule has 1 atom stereocenters. The number of aliphatic hydroxyl groups is 1. The predicted molar refractivity (Wildman–Crippen MR) is 31.4 cm³/mol. The summed E-state index contributed by atoms with van der Waals surface area (Å²) in [5.74, 6) is -0.444. The van der Waals surface area contributed by atoms with E-state index < -0.39 is 11.7 Å². The number of carbonyl (C=O) groups is 1. The zero-order valence-electron chi connectivity index (χ0n) is 5.55. The van der Waals surface area contributed by atoms with Gasteiger partial charge in [-0.1, -0.05) is 0 Å². The molecule has 3 N–H and O–H groups in total. The summed E-state index contributed by atoms with van der Waals surface area (Å²) in [6, 6.07) is 0. The minimum Gasteiger partial charge on any atom is -0.461 e. The van der Waals surface area contributed by atoms with Gasteiger partial charge in [0.15, 0.2) is 0 Å². The molecule has 0 saturated heterocycles. The van der Waals surface area contributed by atoms with E-state index in [1.165, 1.54) is 13.8 Å². The van der Waals surface area contributed by atoms with Gasteiger partial charge in [0.05, 0.1) is 0 Å². The van der Waals surface area contributed by atoms with Gasteiger partial charge in [-0.05, 0) is 6.92 Å².